The Hall–Kier alpha value is -1.61. The zero-order valence-corrected chi connectivity index (χ0v) is 12.9. The molecule has 0 saturated heterocycles. The van der Waals surface area contributed by atoms with E-state index in [0.717, 1.165) is 5.56 Å². The second kappa shape index (κ2) is 7.25. The van der Waals surface area contributed by atoms with E-state index in [4.69, 9.17) is 16.3 Å². The lowest BCUT2D eigenvalue weighted by atomic mass is 10.1. The zero-order valence-electron chi connectivity index (χ0n) is 12.1. The average Bonchev–Trinajstić information content (AvgIpc) is 2.34. The van der Waals surface area contributed by atoms with Crippen molar-refractivity contribution in [1.82, 2.24) is 0 Å². The van der Waals surface area contributed by atoms with E-state index in [-0.39, 0.29) is 5.97 Å². The molecule has 0 spiro atoms. The van der Waals surface area contributed by atoms with Crippen LogP contribution in [0, 0.1) is 0 Å². The third-order valence-corrected chi connectivity index (χ3v) is 2.59. The van der Waals surface area contributed by atoms with Crippen LogP contribution in [-0.2, 0) is 9.53 Å². The zero-order chi connectivity index (χ0) is 15.2. The number of carbonyl (C=O) groups excluding carboxylic acids is 1. The topological polar surface area (TPSA) is 38.7 Å². The molecule has 20 heavy (non-hydrogen) atoms. The van der Waals surface area contributed by atoms with Crippen LogP contribution >= 0.6 is 11.6 Å². The maximum atomic E-state index is 12.0. The van der Waals surface area contributed by atoms with Crippen molar-refractivity contribution in [3.63, 3.8) is 0 Å². The molecule has 1 rings (SSSR count). The molecule has 0 heterocycles. The summed E-state index contributed by atoms with van der Waals surface area (Å²) in [6.45, 7) is 9.14. The van der Waals surface area contributed by atoms with Gasteiger partial charge in [-0.2, -0.15) is 0 Å². The van der Waals surface area contributed by atoms with Crippen LogP contribution < -0.4 is 0 Å². The summed E-state index contributed by atoms with van der Waals surface area (Å²) in [5.74, 6) is -0.345. The van der Waals surface area contributed by atoms with Gasteiger partial charge in [-0.15, -0.1) is 6.58 Å². The molecule has 1 aromatic rings. The lowest BCUT2D eigenvalue weighted by Crippen LogP contribution is -2.30. The summed E-state index contributed by atoms with van der Waals surface area (Å²) in [6, 6.07) is 6.66. The van der Waals surface area contributed by atoms with Gasteiger partial charge >= 0.3 is 5.97 Å². The summed E-state index contributed by atoms with van der Waals surface area (Å²) in [5, 5.41) is 0.664. The van der Waals surface area contributed by atoms with Crippen molar-refractivity contribution in [3.05, 3.63) is 47.5 Å². The van der Waals surface area contributed by atoms with Crippen molar-refractivity contribution < 1.29 is 9.53 Å². The number of nitrogens with zero attached hydrogens (tertiary/aromatic N) is 1. The number of benzene rings is 1. The van der Waals surface area contributed by atoms with Gasteiger partial charge in [-0.1, -0.05) is 29.8 Å². The molecule has 108 valence electrons. The highest BCUT2D eigenvalue weighted by Crippen LogP contribution is 2.13. The first-order valence-corrected chi connectivity index (χ1v) is 6.82. The fourth-order valence-corrected chi connectivity index (χ4v) is 1.60. The summed E-state index contributed by atoms with van der Waals surface area (Å²) in [7, 11) is 0. The average molecular weight is 294 g/mol. The summed E-state index contributed by atoms with van der Waals surface area (Å²) >= 11 is 5.82. The van der Waals surface area contributed by atoms with Crippen molar-refractivity contribution in [2.24, 2.45) is 4.99 Å². The van der Waals surface area contributed by atoms with Gasteiger partial charge in [-0.25, -0.2) is 4.79 Å². The van der Waals surface area contributed by atoms with E-state index in [2.05, 4.69) is 11.6 Å². The lowest BCUT2D eigenvalue weighted by molar-refractivity contribution is -0.156. The molecule has 0 saturated carbocycles. The van der Waals surface area contributed by atoms with Gasteiger partial charge < -0.3 is 4.74 Å². The lowest BCUT2D eigenvalue weighted by Gasteiger charge is -2.21. The molecule has 0 aromatic heterocycles. The van der Waals surface area contributed by atoms with Crippen molar-refractivity contribution >= 4 is 23.8 Å². The number of rotatable bonds is 5. The normalized spacial score (nSPS) is 13.2. The van der Waals surface area contributed by atoms with Crippen molar-refractivity contribution in [2.75, 3.05) is 0 Å². The molecule has 0 bridgehead atoms. The number of hydrogen-bond donors (Lipinski definition) is 0. The van der Waals surface area contributed by atoms with Gasteiger partial charge in [0.1, 0.15) is 5.60 Å². The molecule has 1 aromatic carbocycles. The van der Waals surface area contributed by atoms with Crippen LogP contribution in [0.2, 0.25) is 5.02 Å². The van der Waals surface area contributed by atoms with E-state index >= 15 is 0 Å². The Balaban J connectivity index is 2.78. The molecule has 0 N–H and O–H groups in total. The smallest absolute Gasteiger partial charge is 0.331 e. The number of carbonyl (C=O) groups is 1. The molecule has 0 fully saturated rings. The standard InChI is InChI=1S/C16H20ClNO2/c1-5-6-14(15(19)20-16(2,3)4)18-11-12-7-9-13(17)10-8-12/h5,7-11,14H,1,6H2,2-4H3/t14-/m1/s1. The highest BCUT2D eigenvalue weighted by molar-refractivity contribution is 6.30. The van der Waals surface area contributed by atoms with Crippen LogP contribution in [0.25, 0.3) is 0 Å². The Kier molecular flexibility index (Phi) is 5.96. The highest BCUT2D eigenvalue weighted by atomic mass is 35.5. The number of hydrogen-bond acceptors (Lipinski definition) is 3. The van der Waals surface area contributed by atoms with Gasteiger partial charge in [-0.3, -0.25) is 4.99 Å². The monoisotopic (exact) mass is 293 g/mol. The van der Waals surface area contributed by atoms with Gasteiger partial charge in [0.05, 0.1) is 0 Å². The molecule has 0 amide bonds. The number of esters is 1. The Morgan fingerprint density at radius 2 is 2.00 bits per heavy atom. The molecule has 0 radical (unpaired) electrons. The largest absolute Gasteiger partial charge is 0.458 e. The Morgan fingerprint density at radius 1 is 1.40 bits per heavy atom. The number of halogens is 1. The number of ether oxygens (including phenoxy) is 1. The minimum absolute atomic E-state index is 0.345. The van der Waals surface area contributed by atoms with E-state index < -0.39 is 11.6 Å². The van der Waals surface area contributed by atoms with E-state index in [1.807, 2.05) is 32.9 Å². The molecular formula is C16H20ClNO2. The fraction of sp³-hybridized carbons (Fsp3) is 0.375. The quantitative estimate of drug-likeness (QED) is 0.467. The van der Waals surface area contributed by atoms with Gasteiger partial charge in [0.25, 0.3) is 0 Å². The second-order valence-corrected chi connectivity index (χ2v) is 5.84. The molecule has 4 heteroatoms. The molecular weight excluding hydrogens is 274 g/mol. The van der Waals surface area contributed by atoms with Crippen molar-refractivity contribution in [2.45, 2.75) is 38.8 Å². The number of aliphatic imine (C=N–C) groups is 1. The third-order valence-electron chi connectivity index (χ3n) is 2.34. The maximum Gasteiger partial charge on any atom is 0.331 e. The summed E-state index contributed by atoms with van der Waals surface area (Å²) in [6.07, 6.45) is 3.75. The van der Waals surface area contributed by atoms with Gasteiger partial charge in [-0.05, 0) is 44.9 Å². The molecule has 3 nitrogen and oxygen atoms in total. The first-order valence-electron chi connectivity index (χ1n) is 6.44. The Bertz CT molecular complexity index is 486. The van der Waals surface area contributed by atoms with Crippen LogP contribution in [0.4, 0.5) is 0 Å². The first kappa shape index (κ1) is 16.4. The molecule has 0 aliphatic heterocycles. The van der Waals surface area contributed by atoms with Gasteiger partial charge in [0.2, 0.25) is 0 Å². The van der Waals surface area contributed by atoms with E-state index in [9.17, 15) is 4.79 Å². The SMILES string of the molecule is C=CC[C@@H](N=Cc1ccc(Cl)cc1)C(=O)OC(C)(C)C. The summed E-state index contributed by atoms with van der Waals surface area (Å²) < 4.78 is 5.34. The summed E-state index contributed by atoms with van der Waals surface area (Å²) in [5.41, 5.74) is 0.360. The maximum absolute atomic E-state index is 12.0. The molecule has 1 atom stereocenters. The summed E-state index contributed by atoms with van der Waals surface area (Å²) in [4.78, 5) is 16.3. The van der Waals surface area contributed by atoms with Crippen LogP contribution in [0.3, 0.4) is 0 Å². The predicted molar refractivity (Wildman–Crippen MR) is 83.5 cm³/mol. The minimum Gasteiger partial charge on any atom is -0.458 e. The van der Waals surface area contributed by atoms with E-state index in [0.29, 0.717) is 11.4 Å². The third kappa shape index (κ3) is 6.02. The van der Waals surface area contributed by atoms with Gasteiger partial charge in [0, 0.05) is 11.2 Å². The van der Waals surface area contributed by atoms with Crippen LogP contribution in [0.1, 0.15) is 32.8 Å². The first-order chi connectivity index (χ1) is 9.31. The van der Waals surface area contributed by atoms with Crippen molar-refractivity contribution in [3.8, 4) is 0 Å². The van der Waals surface area contributed by atoms with Gasteiger partial charge in [0.15, 0.2) is 6.04 Å². The Labute approximate surface area is 125 Å². The van der Waals surface area contributed by atoms with E-state index in [1.165, 1.54) is 0 Å². The van der Waals surface area contributed by atoms with Crippen LogP contribution in [0.5, 0.6) is 0 Å². The van der Waals surface area contributed by atoms with E-state index in [1.54, 1.807) is 24.4 Å². The predicted octanol–water partition coefficient (Wildman–Crippen LogP) is 4.05. The molecule has 0 unspecified atom stereocenters. The fourth-order valence-electron chi connectivity index (χ4n) is 1.47. The van der Waals surface area contributed by atoms with Crippen LogP contribution in [-0.4, -0.2) is 23.8 Å². The minimum atomic E-state index is -0.567. The Morgan fingerprint density at radius 3 is 2.50 bits per heavy atom. The molecule has 0 aliphatic rings. The highest BCUT2D eigenvalue weighted by Gasteiger charge is 2.23. The molecule has 0 aliphatic carbocycles. The second-order valence-electron chi connectivity index (χ2n) is 5.40. The van der Waals surface area contributed by atoms with Crippen molar-refractivity contribution in [1.29, 1.82) is 0 Å². The van der Waals surface area contributed by atoms with Crippen LogP contribution in [0.15, 0.2) is 41.9 Å².